The Morgan fingerprint density at radius 2 is 2.06 bits per heavy atom. The lowest BCUT2D eigenvalue weighted by Crippen LogP contribution is -2.70. The van der Waals surface area contributed by atoms with Crippen LogP contribution < -0.4 is 15.4 Å². The maximum Gasteiger partial charge on any atom is 0.289 e. The van der Waals surface area contributed by atoms with Crippen LogP contribution in [0.3, 0.4) is 0 Å². The van der Waals surface area contributed by atoms with E-state index in [4.69, 9.17) is 20.8 Å². The normalized spacial score (nSPS) is 26.6. The number of halogens is 2. The molecule has 8 nitrogen and oxygen atoms in total. The summed E-state index contributed by atoms with van der Waals surface area (Å²) in [5, 5.41) is 16.7. The summed E-state index contributed by atoms with van der Waals surface area (Å²) in [4.78, 5) is 29.1. The van der Waals surface area contributed by atoms with E-state index in [0.29, 0.717) is 44.4 Å². The van der Waals surface area contributed by atoms with Crippen LogP contribution in [0.15, 0.2) is 28.8 Å². The molecule has 10 heteroatoms. The topological polar surface area (TPSA) is 114 Å². The molecule has 2 aromatic rings. The van der Waals surface area contributed by atoms with Gasteiger partial charge in [-0.25, -0.2) is 9.37 Å². The molecule has 0 radical (unpaired) electrons. The van der Waals surface area contributed by atoms with Gasteiger partial charge in [0, 0.05) is 18.0 Å². The van der Waals surface area contributed by atoms with Crippen LogP contribution in [0.2, 0.25) is 5.02 Å². The van der Waals surface area contributed by atoms with Crippen LogP contribution in [0.1, 0.15) is 55.5 Å². The molecular formula is C22H25ClFN3O5. The number of nitrogens with zero attached hydrogens (tertiary/aromatic N) is 1. The van der Waals surface area contributed by atoms with Crippen molar-refractivity contribution in [1.82, 2.24) is 15.6 Å². The van der Waals surface area contributed by atoms with Crippen molar-refractivity contribution >= 4 is 23.4 Å². The average molecular weight is 466 g/mol. The molecule has 0 unspecified atom stereocenters. The van der Waals surface area contributed by atoms with Gasteiger partial charge >= 0.3 is 0 Å². The molecular weight excluding hydrogens is 441 g/mol. The predicted octanol–water partition coefficient (Wildman–Crippen LogP) is 2.77. The van der Waals surface area contributed by atoms with Gasteiger partial charge < -0.3 is 24.9 Å². The molecule has 1 atom stereocenters. The average Bonchev–Trinajstić information content (AvgIpc) is 3.25. The standard InChI is InChI=1S/C22H25ClFN3O5/c1-2-19-25-11-16(32-19)20(30)27-22-7-5-21(6-8-22,10-17(22)28)26-18(29)12-31-13-3-4-14(23)15(24)9-13/h3-4,9,11,17,28H,2,5-8,10,12H2,1H3,(H,26,29)(H,27,30)/t17-,21?,22?/m0/s1. The zero-order chi connectivity index (χ0) is 22.9. The van der Waals surface area contributed by atoms with Crippen molar-refractivity contribution in [3.63, 3.8) is 0 Å². The Labute approximate surface area is 189 Å². The predicted molar refractivity (Wildman–Crippen MR) is 113 cm³/mol. The highest BCUT2D eigenvalue weighted by atomic mass is 35.5. The Morgan fingerprint density at radius 3 is 2.69 bits per heavy atom. The molecule has 3 saturated carbocycles. The molecule has 172 valence electrons. The number of amides is 2. The molecule has 32 heavy (non-hydrogen) atoms. The Morgan fingerprint density at radius 1 is 1.31 bits per heavy atom. The summed E-state index contributed by atoms with van der Waals surface area (Å²) < 4.78 is 24.3. The fourth-order valence-corrected chi connectivity index (χ4v) is 4.69. The lowest BCUT2D eigenvalue weighted by Gasteiger charge is -2.56. The second-order valence-electron chi connectivity index (χ2n) is 8.50. The molecule has 3 aliphatic rings. The van der Waals surface area contributed by atoms with E-state index < -0.39 is 28.9 Å². The zero-order valence-corrected chi connectivity index (χ0v) is 18.4. The molecule has 1 heterocycles. The third-order valence-corrected chi connectivity index (χ3v) is 6.74. The number of carbonyl (C=O) groups is 2. The van der Waals surface area contributed by atoms with Gasteiger partial charge in [0.25, 0.3) is 11.8 Å². The van der Waals surface area contributed by atoms with Crippen LogP contribution in [0.4, 0.5) is 4.39 Å². The number of hydrogen-bond acceptors (Lipinski definition) is 6. The van der Waals surface area contributed by atoms with Gasteiger partial charge in [-0.3, -0.25) is 9.59 Å². The maximum absolute atomic E-state index is 13.5. The largest absolute Gasteiger partial charge is 0.484 e. The van der Waals surface area contributed by atoms with E-state index in [-0.39, 0.29) is 29.0 Å². The Balaban J connectivity index is 1.33. The number of hydrogen-bond donors (Lipinski definition) is 3. The maximum atomic E-state index is 13.5. The SMILES string of the molecule is CCc1ncc(C(=O)NC23CCC(NC(=O)COc4ccc(Cl)c(F)c4)(CC2)C[C@@H]3O)o1. The van der Waals surface area contributed by atoms with Gasteiger partial charge in [0.15, 0.2) is 12.5 Å². The van der Waals surface area contributed by atoms with Gasteiger partial charge in [-0.05, 0) is 44.2 Å². The zero-order valence-electron chi connectivity index (χ0n) is 17.6. The summed E-state index contributed by atoms with van der Waals surface area (Å²) in [6.07, 6.45) is 3.68. The molecule has 0 spiro atoms. The van der Waals surface area contributed by atoms with Gasteiger partial charge in [0.1, 0.15) is 11.6 Å². The lowest BCUT2D eigenvalue weighted by molar-refractivity contribution is -0.129. The fraction of sp³-hybridized carbons (Fsp3) is 0.500. The number of fused-ring (bicyclic) bond motifs is 3. The van der Waals surface area contributed by atoms with Crippen molar-refractivity contribution in [3.8, 4) is 5.75 Å². The van der Waals surface area contributed by atoms with Crippen LogP contribution in [0.25, 0.3) is 0 Å². The Kier molecular flexibility index (Phi) is 6.13. The molecule has 3 aliphatic carbocycles. The summed E-state index contributed by atoms with van der Waals surface area (Å²) in [5.41, 5.74) is -1.33. The van der Waals surface area contributed by atoms with E-state index in [1.54, 1.807) is 0 Å². The summed E-state index contributed by atoms with van der Waals surface area (Å²) in [6.45, 7) is 1.59. The molecule has 3 fully saturated rings. The number of ether oxygens (including phenoxy) is 1. The van der Waals surface area contributed by atoms with Crippen LogP contribution >= 0.6 is 11.6 Å². The summed E-state index contributed by atoms with van der Waals surface area (Å²) in [6, 6.07) is 3.96. The van der Waals surface area contributed by atoms with Crippen molar-refractivity contribution in [1.29, 1.82) is 0 Å². The number of aromatic nitrogens is 1. The lowest BCUT2D eigenvalue weighted by atomic mass is 9.60. The first-order chi connectivity index (χ1) is 15.2. The summed E-state index contributed by atoms with van der Waals surface area (Å²) >= 11 is 5.64. The number of aliphatic hydroxyl groups excluding tert-OH is 1. The Bertz CT molecular complexity index is 1020. The summed E-state index contributed by atoms with van der Waals surface area (Å²) in [5.74, 6) is -0.591. The quantitative estimate of drug-likeness (QED) is 0.579. The first kappa shape index (κ1) is 22.5. The van der Waals surface area contributed by atoms with Crippen molar-refractivity contribution in [3.05, 3.63) is 46.9 Å². The fourth-order valence-electron chi connectivity index (χ4n) is 4.58. The second-order valence-corrected chi connectivity index (χ2v) is 8.90. The molecule has 5 rings (SSSR count). The van der Waals surface area contributed by atoms with E-state index in [9.17, 15) is 19.1 Å². The van der Waals surface area contributed by atoms with Crippen LogP contribution in [0.5, 0.6) is 5.75 Å². The minimum atomic E-state index is -0.825. The molecule has 0 saturated heterocycles. The van der Waals surface area contributed by atoms with E-state index in [1.807, 2.05) is 6.92 Å². The van der Waals surface area contributed by atoms with Gasteiger partial charge in [-0.1, -0.05) is 18.5 Å². The highest BCUT2D eigenvalue weighted by Crippen LogP contribution is 2.47. The number of carbonyl (C=O) groups excluding carboxylic acids is 2. The minimum Gasteiger partial charge on any atom is -0.484 e. The molecule has 1 aromatic carbocycles. The molecule has 1 aromatic heterocycles. The first-order valence-electron chi connectivity index (χ1n) is 10.6. The van der Waals surface area contributed by atoms with Crippen molar-refractivity contribution in [2.45, 2.75) is 62.6 Å². The number of aryl methyl sites for hydroxylation is 1. The van der Waals surface area contributed by atoms with Gasteiger partial charge in [0.05, 0.1) is 22.9 Å². The number of aliphatic hydroxyl groups is 1. The van der Waals surface area contributed by atoms with E-state index in [1.165, 1.54) is 18.3 Å². The molecule has 3 N–H and O–H groups in total. The van der Waals surface area contributed by atoms with Crippen LogP contribution in [-0.4, -0.2) is 45.7 Å². The number of rotatable bonds is 7. The third-order valence-electron chi connectivity index (χ3n) is 6.43. The van der Waals surface area contributed by atoms with E-state index >= 15 is 0 Å². The number of oxazole rings is 1. The van der Waals surface area contributed by atoms with Crippen LogP contribution in [-0.2, 0) is 11.2 Å². The van der Waals surface area contributed by atoms with Crippen molar-refractivity contribution in [2.24, 2.45) is 0 Å². The molecule has 0 aliphatic heterocycles. The van der Waals surface area contributed by atoms with Crippen molar-refractivity contribution in [2.75, 3.05) is 6.61 Å². The minimum absolute atomic E-state index is 0.0243. The van der Waals surface area contributed by atoms with Gasteiger partial charge in [-0.2, -0.15) is 0 Å². The second kappa shape index (κ2) is 8.71. The van der Waals surface area contributed by atoms with Gasteiger partial charge in [0.2, 0.25) is 5.76 Å². The smallest absolute Gasteiger partial charge is 0.289 e. The molecule has 2 bridgehead atoms. The highest BCUT2D eigenvalue weighted by molar-refractivity contribution is 6.30. The monoisotopic (exact) mass is 465 g/mol. The van der Waals surface area contributed by atoms with E-state index in [2.05, 4.69) is 15.6 Å². The van der Waals surface area contributed by atoms with Crippen LogP contribution in [0, 0.1) is 5.82 Å². The highest BCUT2D eigenvalue weighted by Gasteiger charge is 2.55. The number of nitrogens with one attached hydrogen (secondary N) is 2. The summed E-state index contributed by atoms with van der Waals surface area (Å²) in [7, 11) is 0. The number of benzene rings is 1. The first-order valence-corrected chi connectivity index (χ1v) is 11.0. The van der Waals surface area contributed by atoms with Gasteiger partial charge in [-0.15, -0.1) is 0 Å². The Hall–Kier alpha value is -2.65. The third kappa shape index (κ3) is 4.45. The van der Waals surface area contributed by atoms with E-state index in [0.717, 1.165) is 6.07 Å². The molecule has 2 amide bonds. The van der Waals surface area contributed by atoms with Crippen molar-refractivity contribution < 1.29 is 28.2 Å².